The lowest BCUT2D eigenvalue weighted by atomic mass is 10.3. The quantitative estimate of drug-likeness (QED) is 0.720. The van der Waals surface area contributed by atoms with Gasteiger partial charge in [-0.25, -0.2) is 4.39 Å². The number of rotatable bonds is 8. The molecule has 0 radical (unpaired) electrons. The summed E-state index contributed by atoms with van der Waals surface area (Å²) in [6.07, 6.45) is 0.675. The molecule has 1 aromatic rings. The molecule has 0 spiro atoms. The molecule has 1 rings (SSSR count). The van der Waals surface area contributed by atoms with Crippen molar-refractivity contribution in [2.45, 2.75) is 13.3 Å². The molecule has 20 heavy (non-hydrogen) atoms. The van der Waals surface area contributed by atoms with Gasteiger partial charge in [0.05, 0.1) is 5.69 Å². The van der Waals surface area contributed by atoms with E-state index < -0.39 is 16.0 Å². The molecule has 0 saturated heterocycles. The molecule has 2 N–H and O–H groups in total. The normalized spacial score (nSPS) is 11.8. The van der Waals surface area contributed by atoms with Crippen LogP contribution >= 0.6 is 11.6 Å². The van der Waals surface area contributed by atoms with E-state index in [2.05, 4.69) is 10.0 Å². The van der Waals surface area contributed by atoms with Crippen molar-refractivity contribution in [2.24, 2.45) is 0 Å². The van der Waals surface area contributed by atoms with E-state index in [1.165, 1.54) is 19.2 Å². The molecule has 0 bridgehead atoms. The zero-order valence-electron chi connectivity index (χ0n) is 11.5. The number of anilines is 1. The van der Waals surface area contributed by atoms with E-state index >= 15 is 0 Å². The summed E-state index contributed by atoms with van der Waals surface area (Å²) in [6.45, 7) is 3.89. The van der Waals surface area contributed by atoms with Gasteiger partial charge in [-0.2, -0.15) is 12.7 Å². The maximum atomic E-state index is 13.6. The van der Waals surface area contributed by atoms with Gasteiger partial charge in [-0.1, -0.05) is 18.5 Å². The smallest absolute Gasteiger partial charge is 0.301 e. The standard InChI is InChI=1S/C12H19ClFN3O2S/c1-3-15-7-4-8-17(2)20(18,19)16-12-6-5-10(13)9-11(12)14/h5-6,9,15-16H,3-4,7-8H2,1-2H3. The van der Waals surface area contributed by atoms with Crippen LogP contribution in [-0.2, 0) is 10.2 Å². The number of halogens is 2. The lowest BCUT2D eigenvalue weighted by molar-refractivity contribution is 0.459. The van der Waals surface area contributed by atoms with Crippen LogP contribution in [0.1, 0.15) is 13.3 Å². The SMILES string of the molecule is CCNCCCN(C)S(=O)(=O)Nc1ccc(Cl)cc1F. The Bertz CT molecular complexity index is 540. The fourth-order valence-corrected chi connectivity index (χ4v) is 2.64. The van der Waals surface area contributed by atoms with Crippen molar-refractivity contribution in [2.75, 3.05) is 31.4 Å². The first-order chi connectivity index (χ1) is 9.36. The molecule has 114 valence electrons. The van der Waals surface area contributed by atoms with Gasteiger partial charge in [0.25, 0.3) is 0 Å². The maximum Gasteiger partial charge on any atom is 0.301 e. The molecule has 0 aromatic heterocycles. The van der Waals surface area contributed by atoms with Crippen molar-refractivity contribution >= 4 is 27.5 Å². The molecule has 0 heterocycles. The Morgan fingerprint density at radius 2 is 2.10 bits per heavy atom. The Morgan fingerprint density at radius 3 is 2.70 bits per heavy atom. The predicted octanol–water partition coefficient (Wildman–Crippen LogP) is 2.07. The highest BCUT2D eigenvalue weighted by atomic mass is 35.5. The highest BCUT2D eigenvalue weighted by Crippen LogP contribution is 2.20. The largest absolute Gasteiger partial charge is 0.317 e. The highest BCUT2D eigenvalue weighted by molar-refractivity contribution is 7.90. The maximum absolute atomic E-state index is 13.6. The first-order valence-corrected chi connectivity index (χ1v) is 8.08. The van der Waals surface area contributed by atoms with Crippen LogP contribution in [0.15, 0.2) is 18.2 Å². The van der Waals surface area contributed by atoms with Crippen LogP contribution in [0.5, 0.6) is 0 Å². The second-order valence-corrected chi connectivity index (χ2v) is 6.47. The molecule has 0 unspecified atom stereocenters. The van der Waals surface area contributed by atoms with Gasteiger partial charge < -0.3 is 5.32 Å². The molecule has 0 fully saturated rings. The Kier molecular flexibility index (Phi) is 6.67. The Morgan fingerprint density at radius 1 is 1.40 bits per heavy atom. The van der Waals surface area contributed by atoms with Crippen LogP contribution in [-0.4, -0.2) is 39.4 Å². The fraction of sp³-hybridized carbons (Fsp3) is 0.500. The summed E-state index contributed by atoms with van der Waals surface area (Å²) in [6, 6.07) is 3.78. The van der Waals surface area contributed by atoms with E-state index in [0.29, 0.717) is 13.0 Å². The van der Waals surface area contributed by atoms with Gasteiger partial charge in [0.15, 0.2) is 0 Å². The third kappa shape index (κ3) is 5.24. The third-order valence-electron chi connectivity index (χ3n) is 2.66. The van der Waals surface area contributed by atoms with Crippen molar-refractivity contribution in [1.82, 2.24) is 9.62 Å². The highest BCUT2D eigenvalue weighted by Gasteiger charge is 2.18. The number of nitrogens with one attached hydrogen (secondary N) is 2. The van der Waals surface area contributed by atoms with E-state index in [1.54, 1.807) is 0 Å². The molecular formula is C12H19ClFN3O2S. The number of hydrogen-bond donors (Lipinski definition) is 2. The summed E-state index contributed by atoms with van der Waals surface area (Å²) >= 11 is 5.61. The first-order valence-electron chi connectivity index (χ1n) is 6.26. The second kappa shape index (κ2) is 7.78. The Labute approximate surface area is 124 Å². The minimum atomic E-state index is -3.76. The first kappa shape index (κ1) is 17.2. The van der Waals surface area contributed by atoms with Gasteiger partial charge in [-0.15, -0.1) is 0 Å². The van der Waals surface area contributed by atoms with Gasteiger partial charge in [-0.3, -0.25) is 4.72 Å². The molecule has 0 aliphatic heterocycles. The lowest BCUT2D eigenvalue weighted by Crippen LogP contribution is -2.34. The summed E-state index contributed by atoms with van der Waals surface area (Å²) in [5.41, 5.74) is -0.118. The number of benzene rings is 1. The summed E-state index contributed by atoms with van der Waals surface area (Å²) in [7, 11) is -2.32. The van der Waals surface area contributed by atoms with Crippen LogP contribution in [0.2, 0.25) is 5.02 Å². The second-order valence-electron chi connectivity index (χ2n) is 4.26. The van der Waals surface area contributed by atoms with Gasteiger partial charge in [-0.05, 0) is 37.7 Å². The van der Waals surface area contributed by atoms with E-state index in [9.17, 15) is 12.8 Å². The van der Waals surface area contributed by atoms with E-state index in [0.717, 1.165) is 23.5 Å². The molecular weight excluding hydrogens is 305 g/mol. The lowest BCUT2D eigenvalue weighted by Gasteiger charge is -2.18. The van der Waals surface area contributed by atoms with Crippen LogP contribution in [0.25, 0.3) is 0 Å². The van der Waals surface area contributed by atoms with Crippen LogP contribution in [0.4, 0.5) is 10.1 Å². The monoisotopic (exact) mass is 323 g/mol. The molecule has 1 aromatic carbocycles. The summed E-state index contributed by atoms with van der Waals surface area (Å²) in [5.74, 6) is -0.706. The van der Waals surface area contributed by atoms with Crippen molar-refractivity contribution in [3.8, 4) is 0 Å². The topological polar surface area (TPSA) is 61.4 Å². The summed E-state index contributed by atoms with van der Waals surface area (Å²) in [4.78, 5) is 0. The minimum Gasteiger partial charge on any atom is -0.317 e. The van der Waals surface area contributed by atoms with Crippen molar-refractivity contribution in [1.29, 1.82) is 0 Å². The molecule has 0 amide bonds. The van der Waals surface area contributed by atoms with Gasteiger partial charge in [0.2, 0.25) is 0 Å². The zero-order valence-corrected chi connectivity index (χ0v) is 13.1. The average Bonchev–Trinajstić information content (AvgIpc) is 2.37. The van der Waals surface area contributed by atoms with Crippen LogP contribution in [0, 0.1) is 5.82 Å². The molecule has 0 aliphatic rings. The zero-order chi connectivity index (χ0) is 15.2. The van der Waals surface area contributed by atoms with Crippen LogP contribution in [0.3, 0.4) is 0 Å². The Hall–Kier alpha value is -0.890. The van der Waals surface area contributed by atoms with Gasteiger partial charge in [0, 0.05) is 18.6 Å². The van der Waals surface area contributed by atoms with Crippen molar-refractivity contribution in [3.63, 3.8) is 0 Å². The predicted molar refractivity (Wildman–Crippen MR) is 79.7 cm³/mol. The van der Waals surface area contributed by atoms with Crippen molar-refractivity contribution < 1.29 is 12.8 Å². The fourth-order valence-electron chi connectivity index (χ4n) is 1.51. The molecule has 5 nitrogen and oxygen atoms in total. The van der Waals surface area contributed by atoms with Crippen molar-refractivity contribution in [3.05, 3.63) is 29.0 Å². The Balaban J connectivity index is 2.64. The third-order valence-corrected chi connectivity index (χ3v) is 4.37. The van der Waals surface area contributed by atoms with Gasteiger partial charge >= 0.3 is 10.2 Å². The molecule has 0 saturated carbocycles. The van der Waals surface area contributed by atoms with Gasteiger partial charge in [0.1, 0.15) is 5.82 Å². The van der Waals surface area contributed by atoms with Crippen LogP contribution < -0.4 is 10.0 Å². The average molecular weight is 324 g/mol. The van der Waals surface area contributed by atoms with E-state index in [-0.39, 0.29) is 10.7 Å². The molecule has 0 aliphatic carbocycles. The molecule has 8 heteroatoms. The molecule has 0 atom stereocenters. The summed E-state index contributed by atoms with van der Waals surface area (Å²) < 4.78 is 40.9. The number of nitrogens with zero attached hydrogens (tertiary/aromatic N) is 1. The summed E-state index contributed by atoms with van der Waals surface area (Å²) in [5, 5.41) is 3.32. The van der Waals surface area contributed by atoms with E-state index in [1.807, 2.05) is 6.92 Å². The van der Waals surface area contributed by atoms with E-state index in [4.69, 9.17) is 11.6 Å². The minimum absolute atomic E-state index is 0.118. The number of hydrogen-bond acceptors (Lipinski definition) is 3.